The van der Waals surface area contributed by atoms with Crippen LogP contribution in [-0.4, -0.2) is 24.3 Å². The first-order chi connectivity index (χ1) is 6.55. The molecule has 1 spiro atoms. The number of carbonyl (C=O) groups is 1. The van der Waals surface area contributed by atoms with Crippen molar-refractivity contribution in [2.24, 2.45) is 5.92 Å². The summed E-state index contributed by atoms with van der Waals surface area (Å²) in [7, 11) is 0. The van der Waals surface area contributed by atoms with Gasteiger partial charge >= 0.3 is 0 Å². The van der Waals surface area contributed by atoms with Gasteiger partial charge in [0, 0.05) is 5.92 Å². The second kappa shape index (κ2) is 3.31. The molecule has 0 radical (unpaired) electrons. The van der Waals surface area contributed by atoms with Crippen LogP contribution < -0.4 is 0 Å². The highest BCUT2D eigenvalue weighted by Crippen LogP contribution is 2.42. The fraction of sp³-hybridized carbons (Fsp3) is 0.909. The smallest absolute Gasteiger partial charge is 0.163 e. The number of ether oxygens (including phenoxy) is 2. The molecular weight excluding hydrogens is 180 g/mol. The van der Waals surface area contributed by atoms with Crippen LogP contribution in [0.4, 0.5) is 0 Å². The van der Waals surface area contributed by atoms with Crippen molar-refractivity contribution in [3.8, 4) is 0 Å². The third-order valence-electron chi connectivity index (χ3n) is 3.28. The lowest BCUT2D eigenvalue weighted by Gasteiger charge is -2.34. The van der Waals surface area contributed by atoms with Gasteiger partial charge in [-0.25, -0.2) is 0 Å². The van der Waals surface area contributed by atoms with Crippen LogP contribution in [0, 0.1) is 5.92 Å². The summed E-state index contributed by atoms with van der Waals surface area (Å²) in [6.45, 7) is 4.59. The molecule has 1 aliphatic carbocycles. The Morgan fingerprint density at radius 2 is 1.93 bits per heavy atom. The summed E-state index contributed by atoms with van der Waals surface area (Å²) in [5.74, 6) is -0.193. The fourth-order valence-electron chi connectivity index (χ4n) is 2.43. The summed E-state index contributed by atoms with van der Waals surface area (Å²) < 4.78 is 11.5. The Kier molecular flexibility index (Phi) is 2.40. The number of aldehydes is 1. The van der Waals surface area contributed by atoms with Crippen molar-refractivity contribution in [3.63, 3.8) is 0 Å². The van der Waals surface area contributed by atoms with Crippen LogP contribution in [-0.2, 0) is 14.3 Å². The molecule has 1 aliphatic heterocycles. The minimum atomic E-state index is -0.436. The molecule has 0 bridgehead atoms. The molecule has 2 fully saturated rings. The molecule has 1 saturated heterocycles. The van der Waals surface area contributed by atoms with Crippen LogP contribution in [0.3, 0.4) is 0 Å². The molecule has 0 unspecified atom stereocenters. The molecule has 2 aliphatic rings. The predicted octanol–water partition coefficient (Wildman–Crippen LogP) is 1.90. The predicted molar refractivity (Wildman–Crippen MR) is 51.9 cm³/mol. The van der Waals surface area contributed by atoms with E-state index in [9.17, 15) is 4.79 Å². The normalized spacial score (nSPS) is 41.4. The van der Waals surface area contributed by atoms with Crippen molar-refractivity contribution < 1.29 is 14.3 Å². The summed E-state index contributed by atoms with van der Waals surface area (Å²) in [5, 5.41) is 0. The lowest BCUT2D eigenvalue weighted by molar-refractivity contribution is -0.169. The highest BCUT2D eigenvalue weighted by atomic mass is 16.8. The van der Waals surface area contributed by atoms with Gasteiger partial charge in [-0.1, -0.05) is 0 Å². The Morgan fingerprint density at radius 3 is 2.36 bits per heavy atom. The molecule has 3 nitrogen and oxygen atoms in total. The minimum absolute atomic E-state index is 0.0942. The number of rotatable bonds is 1. The van der Waals surface area contributed by atoms with Crippen molar-refractivity contribution in [2.45, 2.75) is 50.9 Å². The third kappa shape index (κ3) is 1.84. The second-order valence-electron chi connectivity index (χ2n) is 4.95. The highest BCUT2D eigenvalue weighted by Gasteiger charge is 2.47. The summed E-state index contributed by atoms with van der Waals surface area (Å²) >= 11 is 0. The Morgan fingerprint density at radius 1 is 1.29 bits per heavy atom. The van der Waals surface area contributed by atoms with E-state index in [0.29, 0.717) is 6.61 Å². The SMILES string of the molecule is CC1(C)OCC2(CCC(C=O)CC2)O1. The van der Waals surface area contributed by atoms with Crippen LogP contribution in [0.1, 0.15) is 39.5 Å². The van der Waals surface area contributed by atoms with Crippen molar-refractivity contribution in [3.05, 3.63) is 0 Å². The van der Waals surface area contributed by atoms with Crippen LogP contribution in [0.25, 0.3) is 0 Å². The van der Waals surface area contributed by atoms with Gasteiger partial charge in [-0.05, 0) is 39.5 Å². The first-order valence-electron chi connectivity index (χ1n) is 5.35. The maximum Gasteiger partial charge on any atom is 0.163 e. The van der Waals surface area contributed by atoms with Gasteiger partial charge in [0.25, 0.3) is 0 Å². The summed E-state index contributed by atoms with van der Waals surface area (Å²) in [6.07, 6.45) is 4.89. The van der Waals surface area contributed by atoms with Gasteiger partial charge in [0.05, 0.1) is 12.2 Å². The van der Waals surface area contributed by atoms with Gasteiger partial charge < -0.3 is 14.3 Å². The molecular formula is C11H18O3. The lowest BCUT2D eigenvalue weighted by Crippen LogP contribution is -2.38. The average molecular weight is 198 g/mol. The molecule has 0 aromatic heterocycles. The summed E-state index contributed by atoms with van der Waals surface area (Å²) in [6, 6.07) is 0. The maximum atomic E-state index is 10.6. The van der Waals surface area contributed by atoms with Crippen LogP contribution in [0.2, 0.25) is 0 Å². The van der Waals surface area contributed by atoms with E-state index >= 15 is 0 Å². The van der Waals surface area contributed by atoms with Gasteiger partial charge in [-0.2, -0.15) is 0 Å². The maximum absolute atomic E-state index is 10.6. The van der Waals surface area contributed by atoms with E-state index in [1.807, 2.05) is 13.8 Å². The highest BCUT2D eigenvalue weighted by molar-refractivity contribution is 5.53. The van der Waals surface area contributed by atoms with E-state index in [1.54, 1.807) is 0 Å². The first kappa shape index (κ1) is 10.1. The molecule has 3 heteroatoms. The Hall–Kier alpha value is -0.410. The zero-order valence-corrected chi connectivity index (χ0v) is 8.91. The quantitative estimate of drug-likeness (QED) is 0.604. The average Bonchev–Trinajstić information content (AvgIpc) is 2.44. The van der Waals surface area contributed by atoms with Crippen LogP contribution in [0.15, 0.2) is 0 Å². The molecule has 80 valence electrons. The number of hydrogen-bond acceptors (Lipinski definition) is 3. The van der Waals surface area contributed by atoms with Gasteiger partial charge in [0.2, 0.25) is 0 Å². The van der Waals surface area contributed by atoms with Gasteiger partial charge in [-0.3, -0.25) is 0 Å². The first-order valence-corrected chi connectivity index (χ1v) is 5.35. The van der Waals surface area contributed by atoms with E-state index in [4.69, 9.17) is 9.47 Å². The minimum Gasteiger partial charge on any atom is -0.348 e. The standard InChI is InChI=1S/C11H18O3/c1-10(2)13-8-11(14-10)5-3-9(7-12)4-6-11/h7,9H,3-6,8H2,1-2H3. The largest absolute Gasteiger partial charge is 0.348 e. The van der Waals surface area contributed by atoms with E-state index in [2.05, 4.69) is 0 Å². The van der Waals surface area contributed by atoms with Crippen molar-refractivity contribution >= 4 is 6.29 Å². The van der Waals surface area contributed by atoms with E-state index < -0.39 is 5.79 Å². The summed E-state index contributed by atoms with van der Waals surface area (Å²) in [4.78, 5) is 10.6. The molecule has 0 aromatic carbocycles. The molecule has 1 heterocycles. The third-order valence-corrected chi connectivity index (χ3v) is 3.28. The molecule has 2 rings (SSSR count). The molecule has 1 saturated carbocycles. The van der Waals surface area contributed by atoms with Crippen LogP contribution >= 0.6 is 0 Å². The van der Waals surface area contributed by atoms with Crippen molar-refractivity contribution in [1.82, 2.24) is 0 Å². The van der Waals surface area contributed by atoms with Gasteiger partial charge in [-0.15, -0.1) is 0 Å². The second-order valence-corrected chi connectivity index (χ2v) is 4.95. The van der Waals surface area contributed by atoms with E-state index in [-0.39, 0.29) is 11.5 Å². The van der Waals surface area contributed by atoms with Crippen molar-refractivity contribution in [2.75, 3.05) is 6.61 Å². The number of hydrogen-bond donors (Lipinski definition) is 0. The molecule has 14 heavy (non-hydrogen) atoms. The molecule has 0 atom stereocenters. The Labute approximate surface area is 84.8 Å². The Bertz CT molecular complexity index is 227. The monoisotopic (exact) mass is 198 g/mol. The molecule has 0 amide bonds. The molecule has 0 N–H and O–H groups in total. The van der Waals surface area contributed by atoms with E-state index in [1.165, 1.54) is 0 Å². The number of carbonyl (C=O) groups excluding carboxylic acids is 1. The molecule has 0 aromatic rings. The lowest BCUT2D eigenvalue weighted by atomic mass is 9.80. The zero-order valence-electron chi connectivity index (χ0n) is 8.91. The topological polar surface area (TPSA) is 35.5 Å². The van der Waals surface area contributed by atoms with Gasteiger partial charge in [0.15, 0.2) is 5.79 Å². The Balaban J connectivity index is 1.97. The van der Waals surface area contributed by atoms with Gasteiger partial charge in [0.1, 0.15) is 6.29 Å². The zero-order chi connectivity index (χ0) is 10.2. The fourth-order valence-corrected chi connectivity index (χ4v) is 2.43. The van der Waals surface area contributed by atoms with Crippen LogP contribution in [0.5, 0.6) is 0 Å². The van der Waals surface area contributed by atoms with Crippen molar-refractivity contribution in [1.29, 1.82) is 0 Å². The summed E-state index contributed by atoms with van der Waals surface area (Å²) in [5.41, 5.74) is -0.0942. The van der Waals surface area contributed by atoms with E-state index in [0.717, 1.165) is 32.0 Å².